The quantitative estimate of drug-likeness (QED) is 0.877. The molecule has 0 fully saturated rings. The summed E-state index contributed by atoms with van der Waals surface area (Å²) in [5, 5.41) is 5.99. The monoisotopic (exact) mass is 328 g/mol. The van der Waals surface area contributed by atoms with Crippen LogP contribution in [0, 0.1) is 0 Å². The number of anilines is 2. The first-order valence-corrected chi connectivity index (χ1v) is 7.95. The molecule has 0 saturated carbocycles. The van der Waals surface area contributed by atoms with Crippen molar-refractivity contribution in [3.05, 3.63) is 36.3 Å². The van der Waals surface area contributed by atoms with Crippen LogP contribution in [-0.2, 0) is 0 Å². The van der Waals surface area contributed by atoms with E-state index >= 15 is 0 Å². The van der Waals surface area contributed by atoms with Crippen LogP contribution in [0.1, 0.15) is 30.8 Å². The summed E-state index contributed by atoms with van der Waals surface area (Å²) < 4.78 is 11.0. The lowest BCUT2D eigenvalue weighted by molar-refractivity contribution is 0.0934. The van der Waals surface area contributed by atoms with Crippen LogP contribution in [0.3, 0.4) is 0 Å². The number of carbonyl (C=O) groups excluding carboxylic acids is 1. The van der Waals surface area contributed by atoms with Crippen LogP contribution in [-0.4, -0.2) is 35.1 Å². The Morgan fingerprint density at radius 2 is 2.00 bits per heavy atom. The van der Waals surface area contributed by atoms with E-state index < -0.39 is 0 Å². The zero-order chi connectivity index (χ0) is 16.9. The smallest absolute Gasteiger partial charge is 0.271 e. The number of benzene rings is 1. The molecule has 2 heterocycles. The molecule has 0 bridgehead atoms. The molecule has 0 radical (unpaired) electrons. The first-order valence-electron chi connectivity index (χ1n) is 7.95. The number of hydrogen-bond acceptors (Lipinski definition) is 6. The third-order valence-corrected chi connectivity index (χ3v) is 3.69. The average Bonchev–Trinajstić information content (AvgIpc) is 2.62. The van der Waals surface area contributed by atoms with E-state index in [1.807, 2.05) is 32.0 Å². The lowest BCUT2D eigenvalue weighted by Gasteiger charge is -2.19. The molecule has 1 atom stereocenters. The van der Waals surface area contributed by atoms with Crippen molar-refractivity contribution >= 4 is 17.4 Å². The number of aromatic nitrogens is 2. The van der Waals surface area contributed by atoms with Gasteiger partial charge in [-0.15, -0.1) is 0 Å². The number of nitrogens with zero attached hydrogens (tertiary/aromatic N) is 2. The number of carbonyl (C=O) groups is 1. The van der Waals surface area contributed by atoms with E-state index in [4.69, 9.17) is 9.47 Å². The van der Waals surface area contributed by atoms with Crippen LogP contribution in [0.25, 0.3) is 0 Å². The second-order valence-corrected chi connectivity index (χ2v) is 5.55. The van der Waals surface area contributed by atoms with Gasteiger partial charge in [0.05, 0.1) is 12.4 Å². The normalized spacial score (nSPS) is 13.9. The highest BCUT2D eigenvalue weighted by Crippen LogP contribution is 2.33. The summed E-state index contributed by atoms with van der Waals surface area (Å²) in [4.78, 5) is 20.4. The molecule has 7 nitrogen and oxygen atoms in total. The molecular formula is C17H20N4O3. The standard InChI is InChI=1S/C17H20N4O3/c1-3-11(2)20-17(22)13-9-19-16(10-18-13)21-12-4-5-14-15(8-12)24-7-6-23-14/h4-5,8-11H,3,6-7H2,1-2H3,(H,19,21)(H,20,22). The molecule has 7 heteroatoms. The van der Waals surface area contributed by atoms with E-state index in [0.717, 1.165) is 17.9 Å². The van der Waals surface area contributed by atoms with Gasteiger partial charge >= 0.3 is 0 Å². The number of rotatable bonds is 5. The maximum atomic E-state index is 12.0. The summed E-state index contributed by atoms with van der Waals surface area (Å²) in [6.45, 7) is 5.06. The van der Waals surface area contributed by atoms with Crippen LogP contribution in [0.15, 0.2) is 30.6 Å². The molecule has 2 N–H and O–H groups in total. The molecule has 1 aromatic heterocycles. The van der Waals surface area contributed by atoms with Gasteiger partial charge in [0.2, 0.25) is 0 Å². The fraction of sp³-hybridized carbons (Fsp3) is 0.353. The maximum Gasteiger partial charge on any atom is 0.271 e. The van der Waals surface area contributed by atoms with Gasteiger partial charge in [-0.2, -0.15) is 0 Å². The number of nitrogens with one attached hydrogen (secondary N) is 2. The summed E-state index contributed by atoms with van der Waals surface area (Å²) >= 11 is 0. The lowest BCUT2D eigenvalue weighted by Crippen LogP contribution is -2.32. The van der Waals surface area contributed by atoms with E-state index in [-0.39, 0.29) is 11.9 Å². The number of ether oxygens (including phenoxy) is 2. The largest absolute Gasteiger partial charge is 0.486 e. The molecule has 2 aromatic rings. The maximum absolute atomic E-state index is 12.0. The summed E-state index contributed by atoms with van der Waals surface area (Å²) in [5.41, 5.74) is 1.10. The van der Waals surface area contributed by atoms with Crippen molar-refractivity contribution < 1.29 is 14.3 Å². The van der Waals surface area contributed by atoms with Crippen molar-refractivity contribution in [2.75, 3.05) is 18.5 Å². The Morgan fingerprint density at radius 1 is 1.21 bits per heavy atom. The molecule has 1 aliphatic heterocycles. The lowest BCUT2D eigenvalue weighted by atomic mass is 10.2. The number of hydrogen-bond donors (Lipinski definition) is 2. The molecule has 1 aromatic carbocycles. The van der Waals surface area contributed by atoms with E-state index in [2.05, 4.69) is 20.6 Å². The Bertz CT molecular complexity index is 718. The molecule has 1 aliphatic rings. The molecular weight excluding hydrogens is 308 g/mol. The summed E-state index contributed by atoms with van der Waals surface area (Å²) in [7, 11) is 0. The van der Waals surface area contributed by atoms with Gasteiger partial charge in [0.25, 0.3) is 5.91 Å². The summed E-state index contributed by atoms with van der Waals surface area (Å²) in [6.07, 6.45) is 3.85. The zero-order valence-corrected chi connectivity index (χ0v) is 13.7. The highest BCUT2D eigenvalue weighted by atomic mass is 16.6. The zero-order valence-electron chi connectivity index (χ0n) is 13.7. The Balaban J connectivity index is 1.67. The molecule has 126 valence electrons. The molecule has 0 saturated heterocycles. The topological polar surface area (TPSA) is 85.4 Å². The Hall–Kier alpha value is -2.83. The Morgan fingerprint density at radius 3 is 2.71 bits per heavy atom. The van der Waals surface area contributed by atoms with Crippen molar-refractivity contribution in [1.82, 2.24) is 15.3 Å². The average molecular weight is 328 g/mol. The fourth-order valence-electron chi connectivity index (χ4n) is 2.18. The van der Waals surface area contributed by atoms with Crippen molar-refractivity contribution in [3.63, 3.8) is 0 Å². The van der Waals surface area contributed by atoms with E-state index in [1.165, 1.54) is 12.4 Å². The minimum atomic E-state index is -0.220. The van der Waals surface area contributed by atoms with Crippen molar-refractivity contribution in [3.8, 4) is 11.5 Å². The molecule has 0 aliphatic carbocycles. The highest BCUT2D eigenvalue weighted by molar-refractivity contribution is 5.92. The van der Waals surface area contributed by atoms with Gasteiger partial charge in [0.1, 0.15) is 24.7 Å². The van der Waals surface area contributed by atoms with Gasteiger partial charge in [0.15, 0.2) is 11.5 Å². The van der Waals surface area contributed by atoms with Crippen LogP contribution in [0.4, 0.5) is 11.5 Å². The van der Waals surface area contributed by atoms with Crippen LogP contribution in [0.2, 0.25) is 0 Å². The second-order valence-electron chi connectivity index (χ2n) is 5.55. The van der Waals surface area contributed by atoms with Crippen LogP contribution < -0.4 is 20.1 Å². The SMILES string of the molecule is CCC(C)NC(=O)c1cnc(Nc2ccc3c(c2)OCCO3)cn1. The number of amides is 1. The van der Waals surface area contributed by atoms with Crippen molar-refractivity contribution in [2.24, 2.45) is 0 Å². The third kappa shape index (κ3) is 3.73. The van der Waals surface area contributed by atoms with Gasteiger partial charge in [-0.05, 0) is 25.5 Å². The third-order valence-electron chi connectivity index (χ3n) is 3.69. The predicted molar refractivity (Wildman–Crippen MR) is 90.0 cm³/mol. The van der Waals surface area contributed by atoms with Crippen LogP contribution >= 0.6 is 0 Å². The first kappa shape index (κ1) is 16.0. The van der Waals surface area contributed by atoms with Crippen molar-refractivity contribution in [1.29, 1.82) is 0 Å². The minimum absolute atomic E-state index is 0.106. The van der Waals surface area contributed by atoms with E-state index in [0.29, 0.717) is 30.5 Å². The minimum Gasteiger partial charge on any atom is -0.486 e. The molecule has 1 amide bonds. The fourth-order valence-corrected chi connectivity index (χ4v) is 2.18. The van der Waals surface area contributed by atoms with Gasteiger partial charge in [0, 0.05) is 17.8 Å². The molecule has 24 heavy (non-hydrogen) atoms. The van der Waals surface area contributed by atoms with Crippen LogP contribution in [0.5, 0.6) is 11.5 Å². The van der Waals surface area contributed by atoms with Crippen molar-refractivity contribution in [2.45, 2.75) is 26.3 Å². The number of fused-ring (bicyclic) bond motifs is 1. The second kappa shape index (κ2) is 7.16. The molecule has 1 unspecified atom stereocenters. The summed E-state index contributed by atoms with van der Waals surface area (Å²) in [6, 6.07) is 5.67. The van der Waals surface area contributed by atoms with Gasteiger partial charge in [-0.25, -0.2) is 9.97 Å². The van der Waals surface area contributed by atoms with Gasteiger partial charge < -0.3 is 20.1 Å². The Labute approximate surface area is 140 Å². The summed E-state index contributed by atoms with van der Waals surface area (Å²) in [5.74, 6) is 1.76. The predicted octanol–water partition coefficient (Wildman–Crippen LogP) is 2.52. The van der Waals surface area contributed by atoms with Gasteiger partial charge in [-0.1, -0.05) is 6.92 Å². The highest BCUT2D eigenvalue weighted by Gasteiger charge is 2.13. The molecule has 3 rings (SSSR count). The molecule has 0 spiro atoms. The van der Waals surface area contributed by atoms with Gasteiger partial charge in [-0.3, -0.25) is 4.79 Å². The first-order chi connectivity index (χ1) is 11.7. The Kier molecular flexibility index (Phi) is 4.79. The van der Waals surface area contributed by atoms with E-state index in [1.54, 1.807) is 0 Å². The van der Waals surface area contributed by atoms with E-state index in [9.17, 15) is 4.79 Å².